The van der Waals surface area contributed by atoms with Crippen LogP contribution >= 0.6 is 0 Å². The largest absolute Gasteiger partial charge is 0.366 e. The molecule has 0 unspecified atom stereocenters. The molecule has 2 aromatic carbocycles. The summed E-state index contributed by atoms with van der Waals surface area (Å²) < 4.78 is 0. The number of hydrogen-bond donors (Lipinski definition) is 1. The SMILES string of the molecule is CN(C)Cc1cccc(Cc2ccccc2C(N)=O)c1. The van der Waals surface area contributed by atoms with E-state index in [9.17, 15) is 4.79 Å². The summed E-state index contributed by atoms with van der Waals surface area (Å²) in [6.07, 6.45) is 0.723. The van der Waals surface area contributed by atoms with Gasteiger partial charge in [0.25, 0.3) is 0 Å². The van der Waals surface area contributed by atoms with Crippen LogP contribution in [0, 0.1) is 0 Å². The molecule has 0 aliphatic carbocycles. The lowest BCUT2D eigenvalue weighted by atomic mass is 9.98. The maximum Gasteiger partial charge on any atom is 0.248 e. The number of nitrogens with two attached hydrogens (primary N) is 1. The Hall–Kier alpha value is -2.13. The van der Waals surface area contributed by atoms with Crippen LogP contribution in [-0.4, -0.2) is 24.9 Å². The minimum atomic E-state index is -0.370. The zero-order valence-electron chi connectivity index (χ0n) is 12.0. The highest BCUT2D eigenvalue weighted by molar-refractivity contribution is 5.94. The van der Waals surface area contributed by atoms with Gasteiger partial charge in [-0.05, 0) is 43.3 Å². The minimum Gasteiger partial charge on any atom is -0.366 e. The fraction of sp³-hybridized carbons (Fsp3) is 0.235. The molecule has 0 heterocycles. The lowest BCUT2D eigenvalue weighted by molar-refractivity contribution is 0.0999. The number of amides is 1. The molecule has 3 heteroatoms. The first-order valence-corrected chi connectivity index (χ1v) is 6.66. The van der Waals surface area contributed by atoms with Gasteiger partial charge in [-0.15, -0.1) is 0 Å². The molecule has 0 atom stereocenters. The van der Waals surface area contributed by atoms with Crippen molar-refractivity contribution in [1.82, 2.24) is 4.90 Å². The summed E-state index contributed by atoms with van der Waals surface area (Å²) in [6.45, 7) is 0.908. The van der Waals surface area contributed by atoms with Gasteiger partial charge in [0.2, 0.25) is 5.91 Å². The van der Waals surface area contributed by atoms with E-state index in [0.29, 0.717) is 5.56 Å². The quantitative estimate of drug-likeness (QED) is 0.905. The molecule has 2 rings (SSSR count). The zero-order chi connectivity index (χ0) is 14.5. The van der Waals surface area contributed by atoms with Crippen molar-refractivity contribution in [2.75, 3.05) is 14.1 Å². The van der Waals surface area contributed by atoms with Gasteiger partial charge in [0.1, 0.15) is 0 Å². The number of carbonyl (C=O) groups is 1. The van der Waals surface area contributed by atoms with Crippen molar-refractivity contribution in [1.29, 1.82) is 0 Å². The third kappa shape index (κ3) is 3.68. The van der Waals surface area contributed by atoms with Gasteiger partial charge in [-0.1, -0.05) is 42.5 Å². The summed E-state index contributed by atoms with van der Waals surface area (Å²) in [5, 5.41) is 0. The van der Waals surface area contributed by atoms with Crippen LogP contribution in [-0.2, 0) is 13.0 Å². The van der Waals surface area contributed by atoms with E-state index in [-0.39, 0.29) is 5.91 Å². The first kappa shape index (κ1) is 14.3. The van der Waals surface area contributed by atoms with Crippen molar-refractivity contribution >= 4 is 5.91 Å². The molecule has 0 aromatic heterocycles. The van der Waals surface area contributed by atoms with Crippen molar-refractivity contribution in [2.45, 2.75) is 13.0 Å². The summed E-state index contributed by atoms with van der Waals surface area (Å²) in [7, 11) is 4.10. The molecule has 104 valence electrons. The van der Waals surface area contributed by atoms with Crippen LogP contribution in [0.2, 0.25) is 0 Å². The highest BCUT2D eigenvalue weighted by Gasteiger charge is 2.08. The minimum absolute atomic E-state index is 0.370. The van der Waals surface area contributed by atoms with Gasteiger partial charge >= 0.3 is 0 Å². The predicted octanol–water partition coefficient (Wildman–Crippen LogP) is 2.44. The molecule has 0 aliphatic rings. The van der Waals surface area contributed by atoms with Crippen LogP contribution in [0.3, 0.4) is 0 Å². The number of primary amides is 1. The van der Waals surface area contributed by atoms with E-state index in [0.717, 1.165) is 18.5 Å². The molecule has 1 amide bonds. The van der Waals surface area contributed by atoms with E-state index in [2.05, 4.69) is 43.3 Å². The van der Waals surface area contributed by atoms with Gasteiger partial charge in [0.05, 0.1) is 0 Å². The smallest absolute Gasteiger partial charge is 0.248 e. The molecule has 0 bridgehead atoms. The Morgan fingerprint density at radius 2 is 1.75 bits per heavy atom. The molecule has 0 radical (unpaired) electrons. The first-order chi connectivity index (χ1) is 9.56. The summed E-state index contributed by atoms with van der Waals surface area (Å²) in [5.41, 5.74) is 9.46. The molecule has 2 N–H and O–H groups in total. The molecular weight excluding hydrogens is 248 g/mol. The van der Waals surface area contributed by atoms with Gasteiger partial charge in [0.15, 0.2) is 0 Å². The van der Waals surface area contributed by atoms with Gasteiger partial charge in [-0.2, -0.15) is 0 Å². The van der Waals surface area contributed by atoms with Crippen LogP contribution in [0.4, 0.5) is 0 Å². The van der Waals surface area contributed by atoms with Crippen molar-refractivity contribution in [3.8, 4) is 0 Å². The Balaban J connectivity index is 2.24. The Morgan fingerprint density at radius 3 is 2.45 bits per heavy atom. The maximum absolute atomic E-state index is 11.4. The Kier molecular flexibility index (Phi) is 4.53. The predicted molar refractivity (Wildman–Crippen MR) is 81.6 cm³/mol. The number of rotatable bonds is 5. The standard InChI is InChI=1S/C17H20N2O/c1-19(2)12-14-7-5-6-13(10-14)11-15-8-3-4-9-16(15)17(18)20/h3-10H,11-12H2,1-2H3,(H2,18,20). The van der Waals surface area contributed by atoms with Gasteiger partial charge in [-0.25, -0.2) is 0 Å². The number of benzene rings is 2. The number of carbonyl (C=O) groups excluding carboxylic acids is 1. The van der Waals surface area contributed by atoms with E-state index in [4.69, 9.17) is 5.73 Å². The van der Waals surface area contributed by atoms with Gasteiger partial charge in [0, 0.05) is 12.1 Å². The van der Waals surface area contributed by atoms with E-state index in [1.165, 1.54) is 11.1 Å². The van der Waals surface area contributed by atoms with Crippen LogP contribution < -0.4 is 5.73 Å². The van der Waals surface area contributed by atoms with E-state index in [1.54, 1.807) is 6.07 Å². The molecule has 2 aromatic rings. The highest BCUT2D eigenvalue weighted by atomic mass is 16.1. The fourth-order valence-corrected chi connectivity index (χ4v) is 2.34. The molecule has 0 saturated heterocycles. The van der Waals surface area contributed by atoms with Crippen molar-refractivity contribution < 1.29 is 4.79 Å². The molecular formula is C17H20N2O. The topological polar surface area (TPSA) is 46.3 Å². The summed E-state index contributed by atoms with van der Waals surface area (Å²) >= 11 is 0. The molecule has 3 nitrogen and oxygen atoms in total. The first-order valence-electron chi connectivity index (χ1n) is 6.66. The average Bonchev–Trinajstić information content (AvgIpc) is 2.38. The van der Waals surface area contributed by atoms with Crippen molar-refractivity contribution in [2.24, 2.45) is 5.73 Å². The van der Waals surface area contributed by atoms with Crippen LogP contribution in [0.1, 0.15) is 27.0 Å². The Bertz CT molecular complexity index is 605. The summed E-state index contributed by atoms with van der Waals surface area (Å²) in [4.78, 5) is 13.6. The Labute approximate surface area is 120 Å². The monoisotopic (exact) mass is 268 g/mol. The lowest BCUT2D eigenvalue weighted by Crippen LogP contribution is -2.14. The summed E-state index contributed by atoms with van der Waals surface area (Å²) in [6, 6.07) is 15.9. The Morgan fingerprint density at radius 1 is 1.05 bits per heavy atom. The highest BCUT2D eigenvalue weighted by Crippen LogP contribution is 2.15. The molecule has 0 saturated carbocycles. The molecule has 0 fully saturated rings. The normalized spacial score (nSPS) is 10.8. The summed E-state index contributed by atoms with van der Waals surface area (Å²) in [5.74, 6) is -0.370. The third-order valence-electron chi connectivity index (χ3n) is 3.17. The van der Waals surface area contributed by atoms with Crippen LogP contribution in [0.15, 0.2) is 48.5 Å². The molecule has 0 spiro atoms. The van der Waals surface area contributed by atoms with Gasteiger partial charge in [-0.3, -0.25) is 4.79 Å². The van der Waals surface area contributed by atoms with Crippen LogP contribution in [0.25, 0.3) is 0 Å². The second-order valence-electron chi connectivity index (χ2n) is 5.26. The number of hydrogen-bond acceptors (Lipinski definition) is 2. The van der Waals surface area contributed by atoms with Crippen LogP contribution in [0.5, 0.6) is 0 Å². The third-order valence-corrected chi connectivity index (χ3v) is 3.17. The zero-order valence-corrected chi connectivity index (χ0v) is 12.0. The van der Waals surface area contributed by atoms with Crippen molar-refractivity contribution in [3.05, 3.63) is 70.8 Å². The maximum atomic E-state index is 11.4. The van der Waals surface area contributed by atoms with Crippen molar-refractivity contribution in [3.63, 3.8) is 0 Å². The molecule has 20 heavy (non-hydrogen) atoms. The average molecular weight is 268 g/mol. The van der Waals surface area contributed by atoms with Gasteiger partial charge < -0.3 is 10.6 Å². The second kappa shape index (κ2) is 6.35. The fourth-order valence-electron chi connectivity index (χ4n) is 2.34. The lowest BCUT2D eigenvalue weighted by Gasteiger charge is -2.11. The molecule has 0 aliphatic heterocycles. The van der Waals surface area contributed by atoms with E-state index >= 15 is 0 Å². The second-order valence-corrected chi connectivity index (χ2v) is 5.26. The van der Waals surface area contributed by atoms with E-state index < -0.39 is 0 Å². The number of nitrogens with zero attached hydrogens (tertiary/aromatic N) is 1. The van der Waals surface area contributed by atoms with E-state index in [1.807, 2.05) is 18.2 Å².